The number of rotatable bonds is 4. The van der Waals surface area contributed by atoms with Crippen LogP contribution in [0.5, 0.6) is 0 Å². The maximum absolute atomic E-state index is 5.11. The molecule has 0 unspecified atom stereocenters. The molecule has 0 bridgehead atoms. The second-order valence-electron chi connectivity index (χ2n) is 2.02. The number of hydrogen-bond acceptors (Lipinski definition) is 1. The van der Waals surface area contributed by atoms with E-state index in [1.807, 2.05) is 44.2 Å². The summed E-state index contributed by atoms with van der Waals surface area (Å²) in [4.78, 5) is 0. The highest BCUT2D eigenvalue weighted by Gasteiger charge is 1.87. The first-order valence-corrected chi connectivity index (χ1v) is 3.84. The van der Waals surface area contributed by atoms with Crippen LogP contribution in [-0.4, -0.2) is 6.61 Å². The monoisotopic (exact) mass is 172 g/mol. The van der Waals surface area contributed by atoms with E-state index in [2.05, 4.69) is 4.29 Å². The SMILES string of the molecule is C\C=C/C=C(\C=C/C)COCl. The average molecular weight is 173 g/mol. The van der Waals surface area contributed by atoms with Gasteiger partial charge < -0.3 is 0 Å². The third kappa shape index (κ3) is 5.89. The third-order valence-electron chi connectivity index (χ3n) is 1.10. The Morgan fingerprint density at radius 3 is 2.55 bits per heavy atom. The van der Waals surface area contributed by atoms with E-state index in [4.69, 9.17) is 11.9 Å². The summed E-state index contributed by atoms with van der Waals surface area (Å²) in [7, 11) is 0. The lowest BCUT2D eigenvalue weighted by Crippen LogP contribution is -1.86. The molecule has 0 amide bonds. The minimum Gasteiger partial charge on any atom is -0.274 e. The second-order valence-corrected chi connectivity index (χ2v) is 2.24. The predicted octanol–water partition coefficient (Wildman–Crippen LogP) is 3.24. The molecular weight excluding hydrogens is 160 g/mol. The lowest BCUT2D eigenvalue weighted by Gasteiger charge is -1.94. The van der Waals surface area contributed by atoms with E-state index in [1.54, 1.807) is 0 Å². The first-order chi connectivity index (χ1) is 5.35. The molecular formula is C9H13ClO. The first-order valence-electron chi connectivity index (χ1n) is 3.53. The fourth-order valence-corrected chi connectivity index (χ4v) is 0.775. The topological polar surface area (TPSA) is 9.23 Å². The predicted molar refractivity (Wildman–Crippen MR) is 49.5 cm³/mol. The molecule has 0 rings (SSSR count). The lowest BCUT2D eigenvalue weighted by molar-refractivity contribution is 0.395. The smallest absolute Gasteiger partial charge is 0.0933 e. The van der Waals surface area contributed by atoms with E-state index < -0.39 is 0 Å². The van der Waals surface area contributed by atoms with Crippen molar-refractivity contribution in [2.75, 3.05) is 6.61 Å². The van der Waals surface area contributed by atoms with Gasteiger partial charge in [-0.1, -0.05) is 30.4 Å². The minimum atomic E-state index is 0.441. The highest BCUT2D eigenvalue weighted by molar-refractivity contribution is 6.07. The summed E-state index contributed by atoms with van der Waals surface area (Å²) in [5.74, 6) is 0. The average Bonchev–Trinajstić information content (AvgIpc) is 2.01. The van der Waals surface area contributed by atoms with E-state index in [0.717, 1.165) is 5.57 Å². The van der Waals surface area contributed by atoms with Gasteiger partial charge in [0.15, 0.2) is 0 Å². The summed E-state index contributed by atoms with van der Waals surface area (Å²) in [6.07, 6.45) is 9.78. The summed E-state index contributed by atoms with van der Waals surface area (Å²) in [5.41, 5.74) is 1.06. The molecule has 0 fully saturated rings. The standard InChI is InChI=1S/C9H13ClO/c1-3-5-7-9(6-4-2)8-11-10/h3-7H,8H2,1-2H3/b5-3-,6-4-,9-7+. The fraction of sp³-hybridized carbons (Fsp3) is 0.333. The van der Waals surface area contributed by atoms with Gasteiger partial charge in [-0.2, -0.15) is 0 Å². The van der Waals surface area contributed by atoms with Crippen LogP contribution < -0.4 is 0 Å². The molecule has 11 heavy (non-hydrogen) atoms. The highest BCUT2D eigenvalue weighted by atomic mass is 35.5. The molecule has 0 N–H and O–H groups in total. The molecule has 0 aliphatic carbocycles. The van der Waals surface area contributed by atoms with Crippen molar-refractivity contribution in [1.29, 1.82) is 0 Å². The number of halogens is 1. The molecule has 0 aromatic rings. The van der Waals surface area contributed by atoms with Gasteiger partial charge in [0.05, 0.1) is 18.5 Å². The van der Waals surface area contributed by atoms with Crippen LogP contribution in [0.1, 0.15) is 13.8 Å². The van der Waals surface area contributed by atoms with Crippen molar-refractivity contribution < 1.29 is 4.29 Å². The summed E-state index contributed by atoms with van der Waals surface area (Å²) in [5, 5.41) is 0. The van der Waals surface area contributed by atoms with Crippen molar-refractivity contribution in [2.45, 2.75) is 13.8 Å². The second kappa shape index (κ2) is 7.58. The quantitative estimate of drug-likeness (QED) is 0.592. The Bertz CT molecular complexity index is 168. The van der Waals surface area contributed by atoms with Crippen molar-refractivity contribution in [1.82, 2.24) is 0 Å². The van der Waals surface area contributed by atoms with Crippen molar-refractivity contribution in [3.05, 3.63) is 36.0 Å². The summed E-state index contributed by atoms with van der Waals surface area (Å²) in [6.45, 7) is 4.36. The van der Waals surface area contributed by atoms with Crippen LogP contribution in [0.3, 0.4) is 0 Å². The van der Waals surface area contributed by atoms with E-state index in [-0.39, 0.29) is 0 Å². The van der Waals surface area contributed by atoms with Gasteiger partial charge in [0.1, 0.15) is 0 Å². The summed E-state index contributed by atoms with van der Waals surface area (Å²) >= 11 is 5.11. The molecule has 62 valence electrons. The maximum atomic E-state index is 5.11. The Morgan fingerprint density at radius 2 is 2.09 bits per heavy atom. The first kappa shape index (κ1) is 10.5. The lowest BCUT2D eigenvalue weighted by atomic mass is 10.2. The molecule has 0 heterocycles. The van der Waals surface area contributed by atoms with Crippen LogP contribution >= 0.6 is 11.9 Å². The minimum absolute atomic E-state index is 0.441. The van der Waals surface area contributed by atoms with Crippen molar-refractivity contribution in [3.63, 3.8) is 0 Å². The molecule has 0 aliphatic rings. The third-order valence-corrected chi connectivity index (χ3v) is 1.21. The number of allylic oxidation sites excluding steroid dienone is 4. The Balaban J connectivity index is 4.07. The molecule has 0 spiro atoms. The highest BCUT2D eigenvalue weighted by Crippen LogP contribution is 2.00. The normalized spacial score (nSPS) is 13.5. The van der Waals surface area contributed by atoms with Gasteiger partial charge in [-0.3, -0.25) is 4.29 Å². The molecule has 0 radical (unpaired) electrons. The Kier molecular flexibility index (Phi) is 7.21. The largest absolute Gasteiger partial charge is 0.274 e. The van der Waals surface area contributed by atoms with Gasteiger partial charge in [0.2, 0.25) is 0 Å². The Morgan fingerprint density at radius 1 is 1.36 bits per heavy atom. The van der Waals surface area contributed by atoms with Crippen LogP contribution in [0.4, 0.5) is 0 Å². The fourth-order valence-electron chi connectivity index (χ4n) is 0.649. The van der Waals surface area contributed by atoms with Gasteiger partial charge in [0.25, 0.3) is 0 Å². The Hall–Kier alpha value is -0.530. The summed E-state index contributed by atoms with van der Waals surface area (Å²) < 4.78 is 4.47. The van der Waals surface area contributed by atoms with Crippen molar-refractivity contribution >= 4 is 11.9 Å². The van der Waals surface area contributed by atoms with Gasteiger partial charge in [-0.25, -0.2) is 0 Å². The molecule has 0 saturated carbocycles. The zero-order valence-electron chi connectivity index (χ0n) is 6.88. The zero-order valence-corrected chi connectivity index (χ0v) is 7.64. The van der Waals surface area contributed by atoms with E-state index in [9.17, 15) is 0 Å². The molecule has 1 nitrogen and oxygen atoms in total. The van der Waals surface area contributed by atoms with Gasteiger partial charge >= 0.3 is 0 Å². The molecule has 0 aliphatic heterocycles. The van der Waals surface area contributed by atoms with Crippen LogP contribution in [-0.2, 0) is 4.29 Å². The maximum Gasteiger partial charge on any atom is 0.0933 e. The van der Waals surface area contributed by atoms with Gasteiger partial charge in [0, 0.05) is 0 Å². The van der Waals surface area contributed by atoms with Crippen molar-refractivity contribution in [2.24, 2.45) is 0 Å². The van der Waals surface area contributed by atoms with Crippen LogP contribution in [0, 0.1) is 0 Å². The zero-order chi connectivity index (χ0) is 8.53. The van der Waals surface area contributed by atoms with E-state index in [0.29, 0.717) is 6.61 Å². The number of hydrogen-bond donors (Lipinski definition) is 0. The molecule has 0 aromatic heterocycles. The van der Waals surface area contributed by atoms with Crippen LogP contribution in [0.25, 0.3) is 0 Å². The molecule has 0 atom stereocenters. The molecule has 0 aromatic carbocycles. The van der Waals surface area contributed by atoms with E-state index in [1.165, 1.54) is 0 Å². The molecule has 0 saturated heterocycles. The van der Waals surface area contributed by atoms with E-state index >= 15 is 0 Å². The van der Waals surface area contributed by atoms with Crippen LogP contribution in [0.2, 0.25) is 0 Å². The Labute approximate surface area is 73.2 Å². The summed E-state index contributed by atoms with van der Waals surface area (Å²) in [6, 6.07) is 0. The van der Waals surface area contributed by atoms with Crippen LogP contribution in [0.15, 0.2) is 36.0 Å². The van der Waals surface area contributed by atoms with Gasteiger partial charge in [-0.05, 0) is 19.4 Å². The molecule has 2 heteroatoms. The van der Waals surface area contributed by atoms with Crippen molar-refractivity contribution in [3.8, 4) is 0 Å². The van der Waals surface area contributed by atoms with Gasteiger partial charge in [-0.15, -0.1) is 0 Å².